The predicted molar refractivity (Wildman–Crippen MR) is 84.0 cm³/mol. The first-order chi connectivity index (χ1) is 9.59. The Kier molecular flexibility index (Phi) is 5.18. The van der Waals surface area contributed by atoms with Crippen LogP contribution in [0.3, 0.4) is 0 Å². The van der Waals surface area contributed by atoms with Gasteiger partial charge in [-0.25, -0.2) is 0 Å². The molecule has 106 valence electrons. The van der Waals surface area contributed by atoms with E-state index in [4.69, 9.17) is 11.6 Å². The molecule has 0 fully saturated rings. The van der Waals surface area contributed by atoms with Gasteiger partial charge >= 0.3 is 0 Å². The molecule has 0 radical (unpaired) electrons. The highest BCUT2D eigenvalue weighted by molar-refractivity contribution is 6.31. The van der Waals surface area contributed by atoms with Crippen LogP contribution in [0.15, 0.2) is 48.5 Å². The molecule has 2 nitrogen and oxygen atoms in total. The number of hydrogen-bond acceptors (Lipinski definition) is 2. The third-order valence-corrected chi connectivity index (χ3v) is 3.88. The third-order valence-electron chi connectivity index (χ3n) is 3.54. The van der Waals surface area contributed by atoms with Crippen LogP contribution in [0.2, 0.25) is 5.02 Å². The minimum atomic E-state index is -0.602. The van der Waals surface area contributed by atoms with E-state index in [2.05, 4.69) is 31.3 Å². The molecular formula is C17H20ClNO. The Labute approximate surface area is 125 Å². The summed E-state index contributed by atoms with van der Waals surface area (Å²) in [5.74, 6) is 0. The van der Waals surface area contributed by atoms with Crippen LogP contribution < -0.4 is 5.32 Å². The summed E-state index contributed by atoms with van der Waals surface area (Å²) < 4.78 is 0. The zero-order valence-corrected chi connectivity index (χ0v) is 12.6. The quantitative estimate of drug-likeness (QED) is 0.871. The van der Waals surface area contributed by atoms with Gasteiger partial charge in [0.2, 0.25) is 0 Å². The average molecular weight is 290 g/mol. The first-order valence-corrected chi connectivity index (χ1v) is 7.19. The summed E-state index contributed by atoms with van der Waals surface area (Å²) in [6, 6.07) is 15.9. The molecule has 1 unspecified atom stereocenters. The Balaban J connectivity index is 1.99. The van der Waals surface area contributed by atoms with Gasteiger partial charge in [0.25, 0.3) is 0 Å². The van der Waals surface area contributed by atoms with Gasteiger partial charge in [-0.1, -0.05) is 54.1 Å². The van der Waals surface area contributed by atoms with Crippen LogP contribution >= 0.6 is 11.6 Å². The number of benzene rings is 2. The minimum Gasteiger partial charge on any atom is -0.387 e. The van der Waals surface area contributed by atoms with Crippen molar-refractivity contribution in [1.82, 2.24) is 5.32 Å². The topological polar surface area (TPSA) is 32.3 Å². The third kappa shape index (κ3) is 3.60. The standard InChI is InChI=1S/C17H20ClNO/c1-12-7-3-4-8-14(12)13(2)19-11-17(20)15-9-5-6-10-16(15)18/h3-10,13,17,19-20H,11H2,1-2H3/t13-,17?/m1/s1. The van der Waals surface area contributed by atoms with Gasteiger partial charge in [-0.2, -0.15) is 0 Å². The van der Waals surface area contributed by atoms with E-state index in [1.54, 1.807) is 6.07 Å². The second-order valence-electron chi connectivity index (χ2n) is 5.02. The normalized spacial score (nSPS) is 14.0. The van der Waals surface area contributed by atoms with Crippen molar-refractivity contribution in [1.29, 1.82) is 0 Å². The lowest BCUT2D eigenvalue weighted by Crippen LogP contribution is -2.25. The largest absolute Gasteiger partial charge is 0.387 e. The van der Waals surface area contributed by atoms with E-state index in [9.17, 15) is 5.11 Å². The van der Waals surface area contributed by atoms with E-state index in [1.165, 1.54) is 11.1 Å². The summed E-state index contributed by atoms with van der Waals surface area (Å²) in [5, 5.41) is 14.2. The molecule has 0 heterocycles. The molecule has 2 aromatic rings. The molecule has 20 heavy (non-hydrogen) atoms. The van der Waals surface area contributed by atoms with Crippen molar-refractivity contribution >= 4 is 11.6 Å². The molecule has 0 bridgehead atoms. The Morgan fingerprint density at radius 1 is 1.05 bits per heavy atom. The maximum Gasteiger partial charge on any atom is 0.0928 e. The number of nitrogens with one attached hydrogen (secondary N) is 1. The predicted octanol–water partition coefficient (Wildman–Crippen LogP) is 4.03. The van der Waals surface area contributed by atoms with E-state index in [-0.39, 0.29) is 6.04 Å². The summed E-state index contributed by atoms with van der Waals surface area (Å²) >= 11 is 6.09. The number of hydrogen-bond donors (Lipinski definition) is 2. The lowest BCUT2D eigenvalue weighted by Gasteiger charge is -2.19. The van der Waals surface area contributed by atoms with Crippen molar-refractivity contribution in [3.05, 3.63) is 70.2 Å². The van der Waals surface area contributed by atoms with Gasteiger partial charge in [0.15, 0.2) is 0 Å². The van der Waals surface area contributed by atoms with E-state index in [0.717, 1.165) is 5.56 Å². The molecule has 0 aromatic heterocycles. The van der Waals surface area contributed by atoms with Crippen LogP contribution in [0.25, 0.3) is 0 Å². The van der Waals surface area contributed by atoms with E-state index >= 15 is 0 Å². The van der Waals surface area contributed by atoms with Crippen molar-refractivity contribution in [2.24, 2.45) is 0 Å². The van der Waals surface area contributed by atoms with Gasteiger partial charge in [-0.3, -0.25) is 0 Å². The summed E-state index contributed by atoms with van der Waals surface area (Å²) in [6.07, 6.45) is -0.602. The smallest absolute Gasteiger partial charge is 0.0928 e. The highest BCUT2D eigenvalue weighted by Gasteiger charge is 2.13. The molecule has 2 aromatic carbocycles. The minimum absolute atomic E-state index is 0.188. The van der Waals surface area contributed by atoms with Crippen LogP contribution in [0.4, 0.5) is 0 Å². The highest BCUT2D eigenvalue weighted by Crippen LogP contribution is 2.23. The number of rotatable bonds is 5. The summed E-state index contributed by atoms with van der Waals surface area (Å²) in [6.45, 7) is 4.67. The highest BCUT2D eigenvalue weighted by atomic mass is 35.5. The molecule has 2 atom stereocenters. The van der Waals surface area contributed by atoms with Crippen LogP contribution in [0, 0.1) is 6.92 Å². The van der Waals surface area contributed by atoms with E-state index in [0.29, 0.717) is 11.6 Å². The molecule has 0 saturated carbocycles. The Morgan fingerprint density at radius 2 is 1.65 bits per heavy atom. The summed E-state index contributed by atoms with van der Waals surface area (Å²) in [5.41, 5.74) is 3.26. The van der Waals surface area contributed by atoms with Gasteiger partial charge < -0.3 is 10.4 Å². The van der Waals surface area contributed by atoms with Gasteiger partial charge in [0, 0.05) is 23.2 Å². The second-order valence-corrected chi connectivity index (χ2v) is 5.43. The molecule has 0 saturated heterocycles. The lowest BCUT2D eigenvalue weighted by atomic mass is 10.0. The maximum absolute atomic E-state index is 10.2. The fourth-order valence-electron chi connectivity index (χ4n) is 2.33. The summed E-state index contributed by atoms with van der Waals surface area (Å²) in [4.78, 5) is 0. The molecule has 3 heteroatoms. The molecule has 2 rings (SSSR count). The molecule has 0 aliphatic heterocycles. The van der Waals surface area contributed by atoms with Crippen molar-refractivity contribution in [2.75, 3.05) is 6.54 Å². The monoisotopic (exact) mass is 289 g/mol. The fraction of sp³-hybridized carbons (Fsp3) is 0.294. The lowest BCUT2D eigenvalue weighted by molar-refractivity contribution is 0.171. The van der Waals surface area contributed by atoms with Gasteiger partial charge in [0.1, 0.15) is 0 Å². The molecule has 0 spiro atoms. The van der Waals surface area contributed by atoms with Crippen molar-refractivity contribution in [2.45, 2.75) is 26.0 Å². The molecule has 2 N–H and O–H groups in total. The number of aliphatic hydroxyl groups is 1. The van der Waals surface area contributed by atoms with Crippen LogP contribution in [0.1, 0.15) is 35.8 Å². The van der Waals surface area contributed by atoms with Crippen molar-refractivity contribution in [3.8, 4) is 0 Å². The number of aliphatic hydroxyl groups excluding tert-OH is 1. The zero-order chi connectivity index (χ0) is 14.5. The molecule has 0 aliphatic rings. The van der Waals surface area contributed by atoms with Gasteiger partial charge in [0.05, 0.1) is 6.10 Å². The fourth-order valence-corrected chi connectivity index (χ4v) is 2.59. The first-order valence-electron chi connectivity index (χ1n) is 6.81. The van der Waals surface area contributed by atoms with Crippen LogP contribution in [0.5, 0.6) is 0 Å². The Morgan fingerprint density at radius 3 is 2.30 bits per heavy atom. The van der Waals surface area contributed by atoms with Gasteiger partial charge in [-0.05, 0) is 31.0 Å². The van der Waals surface area contributed by atoms with Crippen molar-refractivity contribution < 1.29 is 5.11 Å². The molecule has 0 amide bonds. The average Bonchev–Trinajstić information content (AvgIpc) is 2.45. The summed E-state index contributed by atoms with van der Waals surface area (Å²) in [7, 11) is 0. The van der Waals surface area contributed by atoms with Crippen LogP contribution in [-0.2, 0) is 0 Å². The Hall–Kier alpha value is -1.35. The Bertz CT molecular complexity index is 519. The first kappa shape index (κ1) is 15.0. The SMILES string of the molecule is Cc1ccccc1[C@@H](C)NCC(O)c1ccccc1Cl. The van der Waals surface area contributed by atoms with Crippen LogP contribution in [-0.4, -0.2) is 11.7 Å². The number of aryl methyl sites for hydroxylation is 1. The zero-order valence-electron chi connectivity index (χ0n) is 11.8. The van der Waals surface area contributed by atoms with Crippen molar-refractivity contribution in [3.63, 3.8) is 0 Å². The van der Waals surface area contributed by atoms with E-state index in [1.807, 2.05) is 30.3 Å². The second kappa shape index (κ2) is 6.89. The molecular weight excluding hydrogens is 270 g/mol. The van der Waals surface area contributed by atoms with Gasteiger partial charge in [-0.15, -0.1) is 0 Å². The molecule has 0 aliphatic carbocycles. The maximum atomic E-state index is 10.2. The number of halogens is 1. The van der Waals surface area contributed by atoms with E-state index < -0.39 is 6.10 Å².